The molecule has 30 heavy (non-hydrogen) atoms. The van der Waals surface area contributed by atoms with E-state index in [1.165, 1.54) is 0 Å². The van der Waals surface area contributed by atoms with Crippen LogP contribution in [0.2, 0.25) is 10.0 Å². The second-order valence-electron chi connectivity index (χ2n) is 6.66. The fraction of sp³-hybridized carbons (Fsp3) is 0.150. The van der Waals surface area contributed by atoms with Crippen molar-refractivity contribution in [2.75, 3.05) is 5.32 Å². The summed E-state index contributed by atoms with van der Waals surface area (Å²) in [6.45, 7) is 5.79. The summed E-state index contributed by atoms with van der Waals surface area (Å²) in [6.07, 6.45) is 3.35. The second-order valence-corrected chi connectivity index (χ2v) is 7.50. The van der Waals surface area contributed by atoms with Crippen LogP contribution in [0.3, 0.4) is 0 Å². The number of aliphatic imine (C=N–C) groups is 1. The molecule has 4 rings (SSSR count). The van der Waals surface area contributed by atoms with Gasteiger partial charge in [0.25, 0.3) is 5.91 Å². The highest BCUT2D eigenvalue weighted by atomic mass is 35.5. The molecule has 0 saturated heterocycles. The van der Waals surface area contributed by atoms with Crippen molar-refractivity contribution < 1.29 is 4.79 Å². The smallest absolute Gasteiger partial charge is 0.277 e. The molecule has 1 aromatic carbocycles. The van der Waals surface area contributed by atoms with Gasteiger partial charge >= 0.3 is 0 Å². The summed E-state index contributed by atoms with van der Waals surface area (Å²) in [7, 11) is 1.77. The first kappa shape index (κ1) is 20.1. The van der Waals surface area contributed by atoms with Crippen molar-refractivity contribution in [1.82, 2.24) is 24.1 Å². The van der Waals surface area contributed by atoms with E-state index in [4.69, 9.17) is 23.2 Å². The van der Waals surface area contributed by atoms with Gasteiger partial charge in [-0.2, -0.15) is 5.10 Å². The molecule has 3 aromatic heterocycles. The molecule has 10 heteroatoms. The van der Waals surface area contributed by atoms with Crippen molar-refractivity contribution >= 4 is 47.4 Å². The maximum Gasteiger partial charge on any atom is 0.277 e. The number of hydrogen-bond donors (Lipinski definition) is 1. The number of carbonyl (C=O) groups excluding carboxylic acids is 1. The molecule has 0 unspecified atom stereocenters. The van der Waals surface area contributed by atoms with Gasteiger partial charge in [0.2, 0.25) is 5.78 Å². The molecule has 8 nitrogen and oxygen atoms in total. The monoisotopic (exact) mass is 441 g/mol. The Morgan fingerprint density at radius 1 is 1.27 bits per heavy atom. The molecule has 3 heterocycles. The van der Waals surface area contributed by atoms with Crippen LogP contribution in [0.4, 0.5) is 5.82 Å². The van der Waals surface area contributed by atoms with Crippen LogP contribution in [0.1, 0.15) is 21.7 Å². The van der Waals surface area contributed by atoms with Crippen molar-refractivity contribution in [2.45, 2.75) is 13.5 Å². The number of carbonyl (C=O) groups is 1. The molecule has 0 aliphatic heterocycles. The van der Waals surface area contributed by atoms with Crippen LogP contribution in [0.15, 0.2) is 41.7 Å². The number of benzene rings is 1. The quantitative estimate of drug-likeness (QED) is 0.469. The van der Waals surface area contributed by atoms with Gasteiger partial charge in [0, 0.05) is 47.4 Å². The van der Waals surface area contributed by atoms with Gasteiger partial charge in [-0.3, -0.25) is 18.9 Å². The molecule has 0 aliphatic carbocycles. The SMILES string of the molecule is C=NCc1c(C)nc2nc(C(=O)Nc3ccn(C)n3)cn2c1-c1ccc(Cl)cc1Cl. The predicted molar refractivity (Wildman–Crippen MR) is 118 cm³/mol. The molecule has 152 valence electrons. The summed E-state index contributed by atoms with van der Waals surface area (Å²) in [5, 5.41) is 7.87. The fourth-order valence-electron chi connectivity index (χ4n) is 3.19. The number of anilines is 1. The Morgan fingerprint density at radius 2 is 2.07 bits per heavy atom. The van der Waals surface area contributed by atoms with E-state index in [2.05, 4.69) is 32.1 Å². The number of nitrogens with zero attached hydrogens (tertiary/aromatic N) is 6. The van der Waals surface area contributed by atoms with E-state index in [1.807, 2.05) is 13.0 Å². The number of aryl methyl sites for hydroxylation is 2. The van der Waals surface area contributed by atoms with Gasteiger partial charge in [-0.05, 0) is 31.8 Å². The van der Waals surface area contributed by atoms with Crippen molar-refractivity contribution in [3.8, 4) is 11.3 Å². The Morgan fingerprint density at radius 3 is 2.73 bits per heavy atom. The highest BCUT2D eigenvalue weighted by molar-refractivity contribution is 6.36. The largest absolute Gasteiger partial charge is 0.304 e. The predicted octanol–water partition coefficient (Wildman–Crippen LogP) is 4.20. The van der Waals surface area contributed by atoms with Crippen LogP contribution in [0, 0.1) is 6.92 Å². The lowest BCUT2D eigenvalue weighted by Crippen LogP contribution is -2.12. The first-order valence-electron chi connectivity index (χ1n) is 8.95. The van der Waals surface area contributed by atoms with E-state index in [9.17, 15) is 4.79 Å². The first-order chi connectivity index (χ1) is 14.4. The average molecular weight is 442 g/mol. The van der Waals surface area contributed by atoms with Gasteiger partial charge in [0.05, 0.1) is 17.3 Å². The molecule has 4 aromatic rings. The normalized spacial score (nSPS) is 11.1. The van der Waals surface area contributed by atoms with E-state index in [0.29, 0.717) is 28.2 Å². The van der Waals surface area contributed by atoms with E-state index in [-0.39, 0.29) is 5.69 Å². The van der Waals surface area contributed by atoms with Crippen molar-refractivity contribution in [2.24, 2.45) is 12.0 Å². The lowest BCUT2D eigenvalue weighted by atomic mass is 10.0. The highest BCUT2D eigenvalue weighted by Gasteiger charge is 2.21. The number of fused-ring (bicyclic) bond motifs is 1. The zero-order valence-corrected chi connectivity index (χ0v) is 17.7. The summed E-state index contributed by atoms with van der Waals surface area (Å²) in [6, 6.07) is 6.93. The number of rotatable bonds is 5. The Kier molecular flexibility index (Phi) is 5.27. The molecular formula is C20H17Cl2N7O. The van der Waals surface area contributed by atoms with Crippen LogP contribution in [-0.4, -0.2) is 36.8 Å². The molecule has 0 radical (unpaired) electrons. The van der Waals surface area contributed by atoms with Crippen LogP contribution < -0.4 is 5.32 Å². The van der Waals surface area contributed by atoms with Crippen molar-refractivity contribution in [1.29, 1.82) is 0 Å². The number of aromatic nitrogens is 5. The van der Waals surface area contributed by atoms with Crippen LogP contribution in [0.5, 0.6) is 0 Å². The third kappa shape index (κ3) is 3.67. The van der Waals surface area contributed by atoms with Crippen molar-refractivity contribution in [3.63, 3.8) is 0 Å². The maximum absolute atomic E-state index is 12.7. The van der Waals surface area contributed by atoms with Gasteiger partial charge in [0.15, 0.2) is 5.82 Å². The standard InChI is InChI=1S/C20H17Cl2N7O/c1-11-14(9-23-2)18(13-5-4-12(21)8-15(13)22)29-10-16(25-20(29)24-11)19(30)26-17-6-7-28(3)27-17/h4-8,10H,2,9H2,1,3H3,(H,26,27,30). The molecule has 0 saturated carbocycles. The first-order valence-corrected chi connectivity index (χ1v) is 9.70. The van der Waals surface area contributed by atoms with Gasteiger partial charge in [-0.1, -0.05) is 23.2 Å². The van der Waals surface area contributed by atoms with E-state index < -0.39 is 5.91 Å². The average Bonchev–Trinajstić information content (AvgIpc) is 3.29. The van der Waals surface area contributed by atoms with Crippen LogP contribution in [-0.2, 0) is 13.6 Å². The van der Waals surface area contributed by atoms with Crippen LogP contribution >= 0.6 is 23.2 Å². The number of amides is 1. The molecule has 0 bridgehead atoms. The highest BCUT2D eigenvalue weighted by Crippen LogP contribution is 2.34. The number of halogens is 2. The lowest BCUT2D eigenvalue weighted by Gasteiger charge is -2.14. The lowest BCUT2D eigenvalue weighted by molar-refractivity contribution is 0.102. The van der Waals surface area contributed by atoms with Crippen LogP contribution in [0.25, 0.3) is 17.0 Å². The third-order valence-corrected chi connectivity index (χ3v) is 5.11. The number of nitrogens with one attached hydrogen (secondary N) is 1. The zero-order chi connectivity index (χ0) is 21.4. The van der Waals surface area contributed by atoms with E-state index in [0.717, 1.165) is 22.5 Å². The summed E-state index contributed by atoms with van der Waals surface area (Å²) in [5.74, 6) is 0.405. The Bertz CT molecular complexity index is 1290. The summed E-state index contributed by atoms with van der Waals surface area (Å²) >= 11 is 12.6. The Labute approximate surface area is 182 Å². The maximum atomic E-state index is 12.7. The Balaban J connectivity index is 1.88. The molecule has 0 fully saturated rings. The minimum atomic E-state index is -0.395. The zero-order valence-electron chi connectivity index (χ0n) is 16.2. The molecule has 0 spiro atoms. The van der Waals surface area contributed by atoms with Gasteiger partial charge in [0.1, 0.15) is 5.69 Å². The molecule has 0 aliphatic rings. The minimum absolute atomic E-state index is 0.197. The molecule has 0 atom stereocenters. The summed E-state index contributed by atoms with van der Waals surface area (Å²) in [5.41, 5.74) is 3.21. The third-order valence-electron chi connectivity index (χ3n) is 4.56. The fourth-order valence-corrected chi connectivity index (χ4v) is 3.69. The topological polar surface area (TPSA) is 89.5 Å². The van der Waals surface area contributed by atoms with Gasteiger partial charge < -0.3 is 5.32 Å². The second kappa shape index (κ2) is 7.89. The summed E-state index contributed by atoms with van der Waals surface area (Å²) < 4.78 is 3.33. The molecule has 1 amide bonds. The molecule has 1 N–H and O–H groups in total. The number of imidazole rings is 1. The van der Waals surface area contributed by atoms with E-state index in [1.54, 1.807) is 46.7 Å². The van der Waals surface area contributed by atoms with Gasteiger partial charge in [-0.15, -0.1) is 0 Å². The van der Waals surface area contributed by atoms with E-state index >= 15 is 0 Å². The molecular weight excluding hydrogens is 425 g/mol. The van der Waals surface area contributed by atoms with Gasteiger partial charge in [-0.25, -0.2) is 9.97 Å². The Hall–Kier alpha value is -3.23. The minimum Gasteiger partial charge on any atom is -0.304 e. The van der Waals surface area contributed by atoms with Crippen molar-refractivity contribution in [3.05, 3.63) is 63.7 Å². The summed E-state index contributed by atoms with van der Waals surface area (Å²) in [4.78, 5) is 25.7. The number of hydrogen-bond acceptors (Lipinski definition) is 5.